The van der Waals surface area contributed by atoms with Gasteiger partial charge in [0.15, 0.2) is 0 Å². The van der Waals surface area contributed by atoms with E-state index in [1.807, 2.05) is 6.21 Å². The highest BCUT2D eigenvalue weighted by Crippen LogP contribution is 2.39. The van der Waals surface area contributed by atoms with Crippen molar-refractivity contribution in [3.8, 4) is 11.1 Å². The van der Waals surface area contributed by atoms with E-state index in [1.165, 1.54) is 33.4 Å². The molecule has 0 amide bonds. The Morgan fingerprint density at radius 3 is 1.84 bits per heavy atom. The van der Waals surface area contributed by atoms with E-state index >= 15 is 0 Å². The van der Waals surface area contributed by atoms with Crippen molar-refractivity contribution in [1.29, 1.82) is 0 Å². The second-order valence-electron chi connectivity index (χ2n) is 7.58. The van der Waals surface area contributed by atoms with Crippen LogP contribution in [0.15, 0.2) is 120 Å². The summed E-state index contributed by atoms with van der Waals surface area (Å²) in [7, 11) is 0. The summed E-state index contributed by atoms with van der Waals surface area (Å²) < 4.78 is 0. The fraction of sp³-hybridized carbons (Fsp3) is 0.0690. The number of benzene rings is 4. The molecule has 0 unspecified atom stereocenters. The smallest absolute Gasteiger partial charge is 0.0750 e. The molecule has 0 aliphatic carbocycles. The van der Waals surface area contributed by atoms with Crippen LogP contribution >= 0.6 is 0 Å². The summed E-state index contributed by atoms with van der Waals surface area (Å²) in [6, 6.07) is 40.6. The quantitative estimate of drug-likeness (QED) is 0.331. The first kappa shape index (κ1) is 19.1. The summed E-state index contributed by atoms with van der Waals surface area (Å²) >= 11 is 0. The van der Waals surface area contributed by atoms with Crippen molar-refractivity contribution in [2.75, 3.05) is 6.54 Å². The monoisotopic (exact) mass is 400 g/mol. The summed E-state index contributed by atoms with van der Waals surface area (Å²) in [5.74, 6) is 0. The maximum absolute atomic E-state index is 4.74. The first-order valence-electron chi connectivity index (χ1n) is 10.7. The number of nitrogens with zero attached hydrogens (tertiary/aromatic N) is 2. The summed E-state index contributed by atoms with van der Waals surface area (Å²) in [6.07, 6.45) is 2.97. The molecule has 5 rings (SSSR count). The van der Waals surface area contributed by atoms with Crippen molar-refractivity contribution < 1.29 is 0 Å². The zero-order valence-corrected chi connectivity index (χ0v) is 17.4. The van der Waals surface area contributed by atoms with E-state index in [2.05, 4.69) is 120 Å². The molecule has 0 fully saturated rings. The fourth-order valence-electron chi connectivity index (χ4n) is 4.18. The summed E-state index contributed by atoms with van der Waals surface area (Å²) in [4.78, 5) is 0. The van der Waals surface area contributed by atoms with Gasteiger partial charge in [-0.25, -0.2) is 0 Å². The molecule has 1 aliphatic rings. The van der Waals surface area contributed by atoms with Crippen LogP contribution in [0.2, 0.25) is 0 Å². The zero-order chi connectivity index (χ0) is 20.9. The van der Waals surface area contributed by atoms with Gasteiger partial charge in [-0.05, 0) is 22.3 Å². The van der Waals surface area contributed by atoms with Gasteiger partial charge in [0, 0.05) is 30.3 Å². The summed E-state index contributed by atoms with van der Waals surface area (Å²) in [5.41, 5.74) is 8.34. The maximum Gasteiger partial charge on any atom is 0.0750 e. The largest absolute Gasteiger partial charge is 0.264 e. The van der Waals surface area contributed by atoms with Crippen molar-refractivity contribution in [1.82, 2.24) is 5.01 Å². The molecule has 1 heterocycles. The van der Waals surface area contributed by atoms with Crippen LogP contribution in [0.25, 0.3) is 22.4 Å². The molecule has 0 saturated carbocycles. The highest BCUT2D eigenvalue weighted by molar-refractivity contribution is 6.01. The van der Waals surface area contributed by atoms with Gasteiger partial charge in [-0.1, -0.05) is 115 Å². The lowest BCUT2D eigenvalue weighted by atomic mass is 9.87. The predicted molar refractivity (Wildman–Crippen MR) is 130 cm³/mol. The molecule has 0 atom stereocenters. The van der Waals surface area contributed by atoms with Crippen LogP contribution < -0.4 is 0 Å². The third-order valence-corrected chi connectivity index (χ3v) is 5.58. The average Bonchev–Trinajstić information content (AvgIpc) is 3.39. The van der Waals surface area contributed by atoms with E-state index in [0.29, 0.717) is 0 Å². The Labute approximate surface area is 183 Å². The third-order valence-electron chi connectivity index (χ3n) is 5.58. The minimum absolute atomic E-state index is 0.883. The summed E-state index contributed by atoms with van der Waals surface area (Å²) in [6.45, 7) is 0.883. The first-order chi connectivity index (χ1) is 15.4. The Kier molecular flexibility index (Phi) is 5.44. The molecule has 1 aliphatic heterocycles. The van der Waals surface area contributed by atoms with Crippen molar-refractivity contribution in [2.24, 2.45) is 5.10 Å². The van der Waals surface area contributed by atoms with E-state index < -0.39 is 0 Å². The van der Waals surface area contributed by atoms with Gasteiger partial charge in [-0.3, -0.25) is 5.01 Å². The Hall–Kier alpha value is -3.91. The van der Waals surface area contributed by atoms with Gasteiger partial charge in [-0.15, -0.1) is 0 Å². The third kappa shape index (κ3) is 3.93. The molecule has 4 aromatic rings. The lowest BCUT2D eigenvalue weighted by Gasteiger charge is -2.25. The van der Waals surface area contributed by atoms with Gasteiger partial charge in [0.2, 0.25) is 0 Å². The lowest BCUT2D eigenvalue weighted by Crippen LogP contribution is -2.15. The van der Waals surface area contributed by atoms with Gasteiger partial charge >= 0.3 is 0 Å². The molecule has 2 nitrogen and oxygen atoms in total. The van der Waals surface area contributed by atoms with Crippen LogP contribution in [0.3, 0.4) is 0 Å². The molecular weight excluding hydrogens is 376 g/mol. The van der Waals surface area contributed by atoms with E-state index in [0.717, 1.165) is 18.7 Å². The molecular formula is C29H24N2. The van der Waals surface area contributed by atoms with E-state index in [-0.39, 0.29) is 0 Å². The van der Waals surface area contributed by atoms with Gasteiger partial charge in [0.1, 0.15) is 0 Å². The van der Waals surface area contributed by atoms with Crippen LogP contribution in [-0.4, -0.2) is 17.8 Å². The first-order valence-corrected chi connectivity index (χ1v) is 10.7. The molecule has 150 valence electrons. The maximum atomic E-state index is 4.74. The van der Waals surface area contributed by atoms with Crippen LogP contribution in [0.4, 0.5) is 0 Å². The molecule has 0 bridgehead atoms. The molecule has 0 aromatic heterocycles. The molecule has 0 N–H and O–H groups in total. The molecule has 0 radical (unpaired) electrons. The normalized spacial score (nSPS) is 13.9. The second-order valence-corrected chi connectivity index (χ2v) is 7.58. The Morgan fingerprint density at radius 2 is 1.19 bits per heavy atom. The second kappa shape index (κ2) is 8.85. The zero-order valence-electron chi connectivity index (χ0n) is 17.4. The van der Waals surface area contributed by atoms with Gasteiger partial charge in [-0.2, -0.15) is 5.10 Å². The van der Waals surface area contributed by atoms with E-state index in [9.17, 15) is 0 Å². The van der Waals surface area contributed by atoms with Crippen LogP contribution in [0, 0.1) is 0 Å². The number of hydrazone groups is 1. The van der Waals surface area contributed by atoms with Crippen LogP contribution in [0.5, 0.6) is 0 Å². The molecule has 0 spiro atoms. The highest BCUT2D eigenvalue weighted by Gasteiger charge is 2.23. The molecule has 31 heavy (non-hydrogen) atoms. The standard InChI is InChI=1S/C29H24N2/c1-4-13-23(14-5-1)26-19-10-11-20-27(26)28(24-15-6-2-7-16-24)29(31-22-12-21-30-31)25-17-8-3-9-18-25/h1-11,13-21H,12,22H2. The van der Waals surface area contributed by atoms with Crippen molar-refractivity contribution >= 4 is 17.5 Å². The average molecular weight is 401 g/mol. The Balaban J connectivity index is 1.85. The summed E-state index contributed by atoms with van der Waals surface area (Å²) in [5, 5.41) is 6.89. The highest BCUT2D eigenvalue weighted by atomic mass is 15.5. The number of hydrogen-bond donors (Lipinski definition) is 0. The lowest BCUT2D eigenvalue weighted by molar-refractivity contribution is 0.467. The molecule has 4 aromatic carbocycles. The predicted octanol–water partition coefficient (Wildman–Crippen LogP) is 6.96. The van der Waals surface area contributed by atoms with E-state index in [4.69, 9.17) is 5.10 Å². The molecule has 0 saturated heterocycles. The number of rotatable bonds is 5. The van der Waals surface area contributed by atoms with Crippen LogP contribution in [0.1, 0.15) is 23.1 Å². The van der Waals surface area contributed by atoms with Gasteiger partial charge < -0.3 is 0 Å². The minimum Gasteiger partial charge on any atom is -0.264 e. The number of hydrogen-bond acceptors (Lipinski definition) is 2. The van der Waals surface area contributed by atoms with Gasteiger partial charge in [0.05, 0.1) is 5.70 Å². The van der Waals surface area contributed by atoms with Crippen molar-refractivity contribution in [3.05, 3.63) is 132 Å². The SMILES string of the molecule is C1=NN(C(=C(c2ccccc2)c2ccccc2-c2ccccc2)c2ccccc2)CC1. The van der Waals surface area contributed by atoms with Crippen LogP contribution in [-0.2, 0) is 0 Å². The Bertz CT molecular complexity index is 1210. The topological polar surface area (TPSA) is 15.6 Å². The van der Waals surface area contributed by atoms with E-state index in [1.54, 1.807) is 0 Å². The minimum atomic E-state index is 0.883. The Morgan fingerprint density at radius 1 is 0.613 bits per heavy atom. The van der Waals surface area contributed by atoms with Crippen molar-refractivity contribution in [3.63, 3.8) is 0 Å². The fourth-order valence-corrected chi connectivity index (χ4v) is 4.18. The van der Waals surface area contributed by atoms with Crippen molar-refractivity contribution in [2.45, 2.75) is 6.42 Å². The molecule has 2 heteroatoms. The van der Waals surface area contributed by atoms with Gasteiger partial charge in [0.25, 0.3) is 0 Å².